The molecule has 2 saturated heterocycles. The highest BCUT2D eigenvalue weighted by Crippen LogP contribution is 2.37. The first-order valence-corrected chi connectivity index (χ1v) is 13.7. The van der Waals surface area contributed by atoms with E-state index in [1.807, 2.05) is 13.8 Å². The third-order valence-corrected chi connectivity index (χ3v) is 6.99. The van der Waals surface area contributed by atoms with E-state index in [0.29, 0.717) is 35.8 Å². The van der Waals surface area contributed by atoms with Crippen molar-refractivity contribution in [1.82, 2.24) is 0 Å². The van der Waals surface area contributed by atoms with E-state index in [9.17, 15) is 9.59 Å². The summed E-state index contributed by atoms with van der Waals surface area (Å²) in [4.78, 5) is 27.2. The Bertz CT molecular complexity index is 1050. The van der Waals surface area contributed by atoms with Crippen molar-refractivity contribution in [1.29, 1.82) is 0 Å². The minimum Gasteiger partial charge on any atom is -0.490 e. The number of carbonyl (C=O) groups is 2. The molecule has 204 valence electrons. The van der Waals surface area contributed by atoms with Crippen LogP contribution in [0, 0.1) is 0 Å². The summed E-state index contributed by atoms with van der Waals surface area (Å²) in [5, 5.41) is 0. The van der Waals surface area contributed by atoms with Crippen LogP contribution in [0.3, 0.4) is 0 Å². The number of hydrogen-bond acceptors (Lipinski definition) is 8. The van der Waals surface area contributed by atoms with Crippen molar-refractivity contribution in [2.45, 2.75) is 77.2 Å². The summed E-state index contributed by atoms with van der Waals surface area (Å²) in [7, 11) is 0. The minimum atomic E-state index is -0.297. The van der Waals surface area contributed by atoms with Crippen LogP contribution < -0.4 is 9.47 Å². The first kappa shape index (κ1) is 26.8. The van der Waals surface area contributed by atoms with Gasteiger partial charge in [-0.15, -0.1) is 0 Å². The number of fused-ring (bicyclic) bond motifs is 2. The van der Waals surface area contributed by atoms with Gasteiger partial charge >= 0.3 is 0 Å². The Morgan fingerprint density at radius 2 is 1.18 bits per heavy atom. The Labute approximate surface area is 223 Å². The van der Waals surface area contributed by atoms with Gasteiger partial charge in [0.1, 0.15) is 24.7 Å². The lowest BCUT2D eigenvalue weighted by molar-refractivity contribution is -0.189. The average molecular weight is 525 g/mol. The van der Waals surface area contributed by atoms with Crippen molar-refractivity contribution in [2.24, 2.45) is 0 Å². The molecular formula is C30H36O8. The predicted molar refractivity (Wildman–Crippen MR) is 139 cm³/mol. The molecule has 3 aliphatic rings. The lowest BCUT2D eigenvalue weighted by atomic mass is 9.83. The quantitative estimate of drug-likeness (QED) is 0.363. The first-order chi connectivity index (χ1) is 18.5. The summed E-state index contributed by atoms with van der Waals surface area (Å²) >= 11 is 0. The maximum atomic E-state index is 13.8. The van der Waals surface area contributed by atoms with Gasteiger partial charge in [0.25, 0.3) is 0 Å². The van der Waals surface area contributed by atoms with Gasteiger partial charge in [0.2, 0.25) is 5.78 Å². The van der Waals surface area contributed by atoms with E-state index in [4.69, 9.17) is 28.4 Å². The summed E-state index contributed by atoms with van der Waals surface area (Å²) in [6.45, 7) is 5.66. The highest BCUT2D eigenvalue weighted by Gasteiger charge is 2.35. The number of hydrogen-bond donors (Lipinski definition) is 0. The van der Waals surface area contributed by atoms with Crippen LogP contribution in [0.1, 0.15) is 84.2 Å². The zero-order chi connectivity index (χ0) is 26.5. The second-order valence-electron chi connectivity index (χ2n) is 10.1. The fourth-order valence-corrected chi connectivity index (χ4v) is 5.07. The fraction of sp³-hybridized carbons (Fsp3) is 0.533. The maximum absolute atomic E-state index is 13.8. The molecular weight excluding hydrogens is 488 g/mol. The SMILES string of the molecule is C[C@@H](COc1cccc2c1C(=O)c1c(OC[C@H](C)OC3CCCCO3)cccc1C2=O)OC1CCCCO1. The monoisotopic (exact) mass is 524 g/mol. The molecule has 5 rings (SSSR count). The second-order valence-corrected chi connectivity index (χ2v) is 10.1. The minimum absolute atomic E-state index is 0.223. The Morgan fingerprint density at radius 1 is 0.711 bits per heavy atom. The third-order valence-electron chi connectivity index (χ3n) is 6.99. The molecule has 38 heavy (non-hydrogen) atoms. The molecule has 4 atom stereocenters. The number of carbonyl (C=O) groups excluding carboxylic acids is 2. The predicted octanol–water partition coefficient (Wildman–Crippen LogP) is 5.08. The van der Waals surface area contributed by atoms with Crippen molar-refractivity contribution in [3.8, 4) is 11.5 Å². The summed E-state index contributed by atoms with van der Waals surface area (Å²) in [5.74, 6) is 0.180. The summed E-state index contributed by atoms with van der Waals surface area (Å²) in [6, 6.07) is 10.2. The van der Waals surface area contributed by atoms with Crippen LogP contribution in [0.15, 0.2) is 36.4 Å². The van der Waals surface area contributed by atoms with E-state index in [1.165, 1.54) is 0 Å². The Balaban J connectivity index is 1.29. The molecule has 0 radical (unpaired) electrons. The number of ether oxygens (including phenoxy) is 6. The summed E-state index contributed by atoms with van der Waals surface area (Å²) < 4.78 is 35.3. The van der Waals surface area contributed by atoms with Crippen molar-refractivity contribution < 1.29 is 38.0 Å². The zero-order valence-corrected chi connectivity index (χ0v) is 22.1. The molecule has 2 aromatic rings. The molecule has 2 unspecified atom stereocenters. The van der Waals surface area contributed by atoms with Crippen LogP contribution >= 0.6 is 0 Å². The van der Waals surface area contributed by atoms with Gasteiger partial charge in [-0.1, -0.05) is 24.3 Å². The van der Waals surface area contributed by atoms with Crippen LogP contribution in [0.5, 0.6) is 11.5 Å². The van der Waals surface area contributed by atoms with Crippen LogP contribution in [0.2, 0.25) is 0 Å². The first-order valence-electron chi connectivity index (χ1n) is 13.7. The van der Waals surface area contributed by atoms with E-state index in [-0.39, 0.29) is 60.7 Å². The van der Waals surface area contributed by atoms with Crippen molar-refractivity contribution in [3.05, 3.63) is 58.7 Å². The number of benzene rings is 2. The van der Waals surface area contributed by atoms with Crippen LogP contribution in [-0.2, 0) is 18.9 Å². The average Bonchev–Trinajstić information content (AvgIpc) is 2.94. The molecule has 2 aromatic carbocycles. The fourth-order valence-electron chi connectivity index (χ4n) is 5.07. The lowest BCUT2D eigenvalue weighted by Crippen LogP contribution is -2.30. The number of rotatable bonds is 10. The molecule has 8 heteroatoms. The smallest absolute Gasteiger partial charge is 0.201 e. The third kappa shape index (κ3) is 6.10. The molecule has 8 nitrogen and oxygen atoms in total. The van der Waals surface area contributed by atoms with Crippen molar-refractivity contribution in [3.63, 3.8) is 0 Å². The standard InChI is InChI=1S/C30H36O8/c1-19(37-25-13-3-5-15-33-25)17-35-23-11-7-9-21-27(23)30(32)28-22(29(21)31)10-8-12-24(28)36-18-20(2)38-26-14-4-6-16-34-26/h7-12,19-20,25-26H,3-6,13-18H2,1-2H3/t19-,20-,25?,26?/m0/s1. The summed E-state index contributed by atoms with van der Waals surface area (Å²) in [6.07, 6.45) is 4.98. The highest BCUT2D eigenvalue weighted by molar-refractivity contribution is 6.30. The molecule has 2 fully saturated rings. The van der Waals surface area contributed by atoms with Crippen LogP contribution in [0.25, 0.3) is 0 Å². The van der Waals surface area contributed by atoms with E-state index < -0.39 is 0 Å². The number of ketones is 2. The topological polar surface area (TPSA) is 89.5 Å². The zero-order valence-electron chi connectivity index (χ0n) is 22.1. The van der Waals surface area contributed by atoms with Crippen LogP contribution in [-0.4, -0.2) is 62.8 Å². The lowest BCUT2D eigenvalue weighted by Gasteiger charge is -2.27. The van der Waals surface area contributed by atoms with Crippen molar-refractivity contribution >= 4 is 11.6 Å². The second kappa shape index (κ2) is 12.4. The van der Waals surface area contributed by atoms with E-state index in [1.54, 1.807) is 36.4 Å². The van der Waals surface area contributed by atoms with E-state index >= 15 is 0 Å². The van der Waals surface area contributed by atoms with Gasteiger partial charge in [-0.3, -0.25) is 9.59 Å². The molecule has 0 bridgehead atoms. The molecule has 0 N–H and O–H groups in total. The van der Waals surface area contributed by atoms with Crippen LogP contribution in [0.4, 0.5) is 0 Å². The maximum Gasteiger partial charge on any atom is 0.201 e. The van der Waals surface area contributed by atoms with Gasteiger partial charge in [0, 0.05) is 24.3 Å². The largest absolute Gasteiger partial charge is 0.490 e. The van der Waals surface area contributed by atoms with Gasteiger partial charge in [0.05, 0.1) is 23.3 Å². The molecule has 2 heterocycles. The van der Waals surface area contributed by atoms with Crippen molar-refractivity contribution in [2.75, 3.05) is 26.4 Å². The van der Waals surface area contributed by atoms with Gasteiger partial charge in [-0.25, -0.2) is 0 Å². The molecule has 0 saturated carbocycles. The normalized spacial score (nSPS) is 22.8. The van der Waals surface area contributed by atoms with E-state index in [2.05, 4.69) is 0 Å². The van der Waals surface area contributed by atoms with Gasteiger partial charge in [0.15, 0.2) is 18.4 Å². The molecule has 1 aliphatic carbocycles. The molecule has 0 aromatic heterocycles. The molecule has 0 amide bonds. The summed E-state index contributed by atoms with van der Waals surface area (Å²) in [5.41, 5.74) is 1.16. The highest BCUT2D eigenvalue weighted by atomic mass is 16.7. The molecule has 2 aliphatic heterocycles. The Hall–Kier alpha value is -2.78. The Kier molecular flexibility index (Phi) is 8.74. The van der Waals surface area contributed by atoms with E-state index in [0.717, 1.165) is 38.5 Å². The Morgan fingerprint density at radius 3 is 1.61 bits per heavy atom. The van der Waals surface area contributed by atoms with Gasteiger partial charge < -0.3 is 28.4 Å². The van der Waals surface area contributed by atoms with Gasteiger partial charge in [-0.05, 0) is 64.5 Å². The van der Waals surface area contributed by atoms with Gasteiger partial charge in [-0.2, -0.15) is 0 Å². The molecule has 0 spiro atoms.